The van der Waals surface area contributed by atoms with E-state index in [-0.39, 0.29) is 5.91 Å². The lowest BCUT2D eigenvalue weighted by molar-refractivity contribution is -0.116. The summed E-state index contributed by atoms with van der Waals surface area (Å²) in [5.74, 6) is 0.826. The van der Waals surface area contributed by atoms with Crippen molar-refractivity contribution in [3.8, 4) is 5.75 Å². The van der Waals surface area contributed by atoms with Crippen LogP contribution in [0.25, 0.3) is 6.08 Å². The summed E-state index contributed by atoms with van der Waals surface area (Å²) in [6.07, 6.45) is 9.81. The molecule has 4 heteroatoms. The van der Waals surface area contributed by atoms with E-state index in [1.54, 1.807) is 6.08 Å². The molecule has 132 valence electrons. The van der Waals surface area contributed by atoms with Crippen molar-refractivity contribution >= 4 is 12.0 Å². The molecule has 1 aromatic carbocycles. The Balaban J connectivity index is 1.63. The molecule has 0 aliphatic carbocycles. The minimum Gasteiger partial charge on any atom is -0.494 e. The SMILES string of the molecule is CCOc1ccc(/C=C/C(=O)NCCCN2CCCCCC2)cc1. The molecule has 0 atom stereocenters. The van der Waals surface area contributed by atoms with Crippen LogP contribution >= 0.6 is 0 Å². The molecule has 2 rings (SSSR count). The Morgan fingerprint density at radius 3 is 2.54 bits per heavy atom. The maximum absolute atomic E-state index is 11.9. The lowest BCUT2D eigenvalue weighted by Crippen LogP contribution is -2.29. The molecule has 1 amide bonds. The van der Waals surface area contributed by atoms with Crippen LogP contribution in [-0.2, 0) is 4.79 Å². The highest BCUT2D eigenvalue weighted by Gasteiger charge is 2.08. The number of carbonyl (C=O) groups excluding carboxylic acids is 1. The molecule has 1 saturated heterocycles. The molecule has 0 radical (unpaired) electrons. The average molecular weight is 330 g/mol. The van der Waals surface area contributed by atoms with E-state index in [0.717, 1.165) is 30.8 Å². The quantitative estimate of drug-likeness (QED) is 0.586. The van der Waals surface area contributed by atoms with Gasteiger partial charge in [0.2, 0.25) is 5.91 Å². The van der Waals surface area contributed by atoms with Crippen LogP contribution in [0.15, 0.2) is 30.3 Å². The van der Waals surface area contributed by atoms with Gasteiger partial charge >= 0.3 is 0 Å². The van der Waals surface area contributed by atoms with Gasteiger partial charge in [-0.15, -0.1) is 0 Å². The summed E-state index contributed by atoms with van der Waals surface area (Å²) in [4.78, 5) is 14.4. The molecule has 0 unspecified atom stereocenters. The molecule has 1 heterocycles. The first-order chi connectivity index (χ1) is 11.8. The monoisotopic (exact) mass is 330 g/mol. The van der Waals surface area contributed by atoms with Gasteiger partial charge in [0.05, 0.1) is 6.61 Å². The zero-order valence-electron chi connectivity index (χ0n) is 14.8. The summed E-state index contributed by atoms with van der Waals surface area (Å²) in [6.45, 7) is 6.88. The second kappa shape index (κ2) is 10.9. The Kier molecular flexibility index (Phi) is 8.39. The molecule has 1 aliphatic heterocycles. The summed E-state index contributed by atoms with van der Waals surface area (Å²) in [5, 5.41) is 2.96. The standard InChI is InChI=1S/C20H30N2O2/c1-2-24-19-11-8-18(9-12-19)10-13-20(23)21-14-7-17-22-15-5-3-4-6-16-22/h8-13H,2-7,14-17H2,1H3,(H,21,23)/b13-10+. The Morgan fingerprint density at radius 1 is 1.17 bits per heavy atom. The molecule has 1 aliphatic rings. The summed E-state index contributed by atoms with van der Waals surface area (Å²) < 4.78 is 5.40. The van der Waals surface area contributed by atoms with Crippen LogP contribution in [0.5, 0.6) is 5.75 Å². The summed E-state index contributed by atoms with van der Waals surface area (Å²) in [6, 6.07) is 7.74. The number of likely N-dealkylation sites (tertiary alicyclic amines) is 1. The maximum Gasteiger partial charge on any atom is 0.243 e. The van der Waals surface area contributed by atoms with Crippen LogP contribution < -0.4 is 10.1 Å². The molecule has 24 heavy (non-hydrogen) atoms. The lowest BCUT2D eigenvalue weighted by Gasteiger charge is -2.19. The molecule has 0 bridgehead atoms. The summed E-state index contributed by atoms with van der Waals surface area (Å²) in [7, 11) is 0. The highest BCUT2D eigenvalue weighted by Crippen LogP contribution is 2.13. The van der Waals surface area contributed by atoms with E-state index in [1.807, 2.05) is 37.3 Å². The van der Waals surface area contributed by atoms with Gasteiger partial charge in [-0.05, 0) is 69.6 Å². The van der Waals surface area contributed by atoms with Gasteiger partial charge in [-0.1, -0.05) is 25.0 Å². The molecular formula is C20H30N2O2. The smallest absolute Gasteiger partial charge is 0.243 e. The zero-order valence-corrected chi connectivity index (χ0v) is 14.8. The molecule has 0 aromatic heterocycles. The van der Waals surface area contributed by atoms with Crippen molar-refractivity contribution < 1.29 is 9.53 Å². The first-order valence-corrected chi connectivity index (χ1v) is 9.19. The molecule has 1 N–H and O–H groups in total. The van der Waals surface area contributed by atoms with Crippen molar-refractivity contribution in [2.75, 3.05) is 32.8 Å². The highest BCUT2D eigenvalue weighted by atomic mass is 16.5. The van der Waals surface area contributed by atoms with Crippen molar-refractivity contribution in [1.29, 1.82) is 0 Å². The molecule has 1 fully saturated rings. The van der Waals surface area contributed by atoms with E-state index in [4.69, 9.17) is 4.74 Å². The number of amides is 1. The second-order valence-electron chi connectivity index (χ2n) is 6.24. The van der Waals surface area contributed by atoms with Crippen LogP contribution in [0.1, 0.15) is 44.6 Å². The van der Waals surface area contributed by atoms with Gasteiger partial charge in [0.1, 0.15) is 5.75 Å². The number of hydrogen-bond donors (Lipinski definition) is 1. The third-order valence-corrected chi connectivity index (χ3v) is 4.27. The third kappa shape index (κ3) is 7.18. The first-order valence-electron chi connectivity index (χ1n) is 9.19. The van der Waals surface area contributed by atoms with Crippen LogP contribution in [-0.4, -0.2) is 43.6 Å². The predicted molar refractivity (Wildman–Crippen MR) is 99.2 cm³/mol. The van der Waals surface area contributed by atoms with Gasteiger partial charge in [-0.25, -0.2) is 0 Å². The fourth-order valence-electron chi connectivity index (χ4n) is 2.95. The minimum absolute atomic E-state index is 0.0280. The van der Waals surface area contributed by atoms with E-state index in [0.29, 0.717) is 6.61 Å². The number of nitrogens with zero attached hydrogens (tertiary/aromatic N) is 1. The van der Waals surface area contributed by atoms with Crippen LogP contribution in [0, 0.1) is 0 Å². The molecule has 0 saturated carbocycles. The van der Waals surface area contributed by atoms with Gasteiger partial charge in [-0.3, -0.25) is 4.79 Å². The Bertz CT molecular complexity index is 503. The minimum atomic E-state index is -0.0280. The van der Waals surface area contributed by atoms with Gasteiger partial charge < -0.3 is 15.0 Å². The van der Waals surface area contributed by atoms with E-state index >= 15 is 0 Å². The van der Waals surface area contributed by atoms with Crippen molar-refractivity contribution in [1.82, 2.24) is 10.2 Å². The molecular weight excluding hydrogens is 300 g/mol. The number of ether oxygens (including phenoxy) is 1. The van der Waals surface area contributed by atoms with Crippen molar-refractivity contribution in [3.05, 3.63) is 35.9 Å². The largest absolute Gasteiger partial charge is 0.494 e. The number of carbonyl (C=O) groups is 1. The zero-order chi connectivity index (χ0) is 17.0. The number of nitrogens with one attached hydrogen (secondary N) is 1. The second-order valence-corrected chi connectivity index (χ2v) is 6.24. The number of rotatable bonds is 8. The molecule has 1 aromatic rings. The van der Waals surface area contributed by atoms with E-state index in [2.05, 4.69) is 10.2 Å². The third-order valence-electron chi connectivity index (χ3n) is 4.27. The average Bonchev–Trinajstić information content (AvgIpc) is 2.87. The van der Waals surface area contributed by atoms with Crippen LogP contribution in [0.4, 0.5) is 0 Å². The molecule has 4 nitrogen and oxygen atoms in total. The van der Waals surface area contributed by atoms with Crippen molar-refractivity contribution in [3.63, 3.8) is 0 Å². The first kappa shape index (κ1) is 18.5. The maximum atomic E-state index is 11.9. The predicted octanol–water partition coefficient (Wildman–Crippen LogP) is 3.48. The number of hydrogen-bond acceptors (Lipinski definition) is 3. The van der Waals surface area contributed by atoms with E-state index < -0.39 is 0 Å². The Hall–Kier alpha value is -1.81. The van der Waals surface area contributed by atoms with Crippen molar-refractivity contribution in [2.24, 2.45) is 0 Å². The fraction of sp³-hybridized carbons (Fsp3) is 0.550. The normalized spacial score (nSPS) is 16.0. The van der Waals surface area contributed by atoms with Gasteiger partial charge in [0, 0.05) is 12.6 Å². The number of benzene rings is 1. The van der Waals surface area contributed by atoms with Gasteiger partial charge in [0.25, 0.3) is 0 Å². The van der Waals surface area contributed by atoms with Crippen LogP contribution in [0.2, 0.25) is 0 Å². The van der Waals surface area contributed by atoms with Crippen LogP contribution in [0.3, 0.4) is 0 Å². The fourth-order valence-corrected chi connectivity index (χ4v) is 2.95. The van der Waals surface area contributed by atoms with Gasteiger partial charge in [0.15, 0.2) is 0 Å². The Labute approximate surface area is 145 Å². The molecule has 0 spiro atoms. The Morgan fingerprint density at radius 2 is 1.88 bits per heavy atom. The van der Waals surface area contributed by atoms with Crippen molar-refractivity contribution in [2.45, 2.75) is 39.0 Å². The topological polar surface area (TPSA) is 41.6 Å². The summed E-state index contributed by atoms with van der Waals surface area (Å²) >= 11 is 0. The van der Waals surface area contributed by atoms with E-state index in [1.165, 1.54) is 38.8 Å². The summed E-state index contributed by atoms with van der Waals surface area (Å²) in [5.41, 5.74) is 0.998. The van der Waals surface area contributed by atoms with Gasteiger partial charge in [-0.2, -0.15) is 0 Å². The lowest BCUT2D eigenvalue weighted by atomic mass is 10.2. The highest BCUT2D eigenvalue weighted by molar-refractivity contribution is 5.91. The van der Waals surface area contributed by atoms with E-state index in [9.17, 15) is 4.79 Å².